The van der Waals surface area contributed by atoms with Crippen LogP contribution in [0.4, 0.5) is 13.2 Å². The van der Waals surface area contributed by atoms with Gasteiger partial charge >= 0.3 is 6.18 Å². The molecule has 2 atom stereocenters. The molecule has 0 bridgehead atoms. The second-order valence-corrected chi connectivity index (χ2v) is 6.91. The molecule has 0 aromatic carbocycles. The fourth-order valence-electron chi connectivity index (χ4n) is 4.35. The van der Waals surface area contributed by atoms with Gasteiger partial charge in [0.1, 0.15) is 0 Å². The molecule has 1 N–H and O–H groups in total. The SMILES string of the molecule is Cl.Cl.O=C(N1CCN(CC(F)(F)F)CC1)[C@@]12CCCC[C@H]1CNC2. The molecule has 0 aromatic heterocycles. The molecule has 3 fully saturated rings. The van der Waals surface area contributed by atoms with Crippen LogP contribution < -0.4 is 5.32 Å². The van der Waals surface area contributed by atoms with Gasteiger partial charge in [-0.3, -0.25) is 9.69 Å². The number of amides is 1. The molecule has 3 aliphatic rings. The third-order valence-electron chi connectivity index (χ3n) is 5.53. The van der Waals surface area contributed by atoms with Crippen molar-refractivity contribution in [2.75, 3.05) is 45.8 Å². The lowest BCUT2D eigenvalue weighted by molar-refractivity contribution is -0.156. The number of rotatable bonds is 2. The molecule has 9 heteroatoms. The lowest BCUT2D eigenvalue weighted by atomic mass is 9.67. The smallest absolute Gasteiger partial charge is 0.340 e. The maximum Gasteiger partial charge on any atom is 0.401 e. The van der Waals surface area contributed by atoms with Gasteiger partial charge in [0, 0.05) is 32.7 Å². The number of fused-ring (bicyclic) bond motifs is 1. The zero-order valence-corrected chi connectivity index (χ0v) is 15.2. The van der Waals surface area contributed by atoms with Crippen molar-refractivity contribution in [3.05, 3.63) is 0 Å². The first-order valence-electron chi connectivity index (χ1n) is 8.20. The van der Waals surface area contributed by atoms with Crippen LogP contribution in [0.15, 0.2) is 0 Å². The summed E-state index contributed by atoms with van der Waals surface area (Å²) in [6.45, 7) is 2.25. The van der Waals surface area contributed by atoms with Crippen LogP contribution in [0.25, 0.3) is 0 Å². The molecule has 24 heavy (non-hydrogen) atoms. The standard InChI is InChI=1S/C15H24F3N3O.2ClH/c16-15(17,18)11-20-5-7-21(8-6-20)13(22)14-4-2-1-3-12(14)9-19-10-14;;/h12,19H,1-11H2;2*1H/t12-,14+;;/m0../s1. The van der Waals surface area contributed by atoms with Gasteiger partial charge in [-0.15, -0.1) is 24.8 Å². The number of carbonyl (C=O) groups is 1. The number of halogens is 5. The van der Waals surface area contributed by atoms with Crippen LogP contribution >= 0.6 is 24.8 Å². The predicted molar refractivity (Wildman–Crippen MR) is 90.8 cm³/mol. The number of piperazine rings is 1. The molecule has 2 heterocycles. The summed E-state index contributed by atoms with van der Waals surface area (Å²) in [6, 6.07) is 0. The van der Waals surface area contributed by atoms with E-state index >= 15 is 0 Å². The Morgan fingerprint density at radius 1 is 1.12 bits per heavy atom. The van der Waals surface area contributed by atoms with Crippen LogP contribution in [0.1, 0.15) is 25.7 Å². The van der Waals surface area contributed by atoms with Gasteiger partial charge < -0.3 is 10.2 Å². The molecule has 1 amide bonds. The summed E-state index contributed by atoms with van der Waals surface area (Å²) in [5.41, 5.74) is -0.287. The Morgan fingerprint density at radius 3 is 2.42 bits per heavy atom. The van der Waals surface area contributed by atoms with E-state index in [0.29, 0.717) is 32.1 Å². The second kappa shape index (κ2) is 8.43. The Balaban J connectivity index is 0.00000144. The van der Waals surface area contributed by atoms with E-state index in [1.54, 1.807) is 4.90 Å². The minimum Gasteiger partial charge on any atom is -0.340 e. The highest BCUT2D eigenvalue weighted by Gasteiger charge is 2.51. The van der Waals surface area contributed by atoms with E-state index in [1.165, 1.54) is 11.3 Å². The molecule has 142 valence electrons. The first-order valence-corrected chi connectivity index (χ1v) is 8.20. The number of nitrogens with zero attached hydrogens (tertiary/aromatic N) is 2. The molecule has 1 saturated carbocycles. The van der Waals surface area contributed by atoms with Crippen LogP contribution in [-0.2, 0) is 4.79 Å². The van der Waals surface area contributed by atoms with Crippen molar-refractivity contribution in [3.8, 4) is 0 Å². The molecule has 4 nitrogen and oxygen atoms in total. The second-order valence-electron chi connectivity index (χ2n) is 6.91. The topological polar surface area (TPSA) is 35.6 Å². The van der Waals surface area contributed by atoms with Gasteiger partial charge in [0.25, 0.3) is 0 Å². The predicted octanol–water partition coefficient (Wildman–Crippen LogP) is 2.32. The van der Waals surface area contributed by atoms with Gasteiger partial charge in [-0.25, -0.2) is 0 Å². The van der Waals surface area contributed by atoms with Crippen LogP contribution in [0.3, 0.4) is 0 Å². The highest BCUT2D eigenvalue weighted by molar-refractivity contribution is 5.85. The third kappa shape index (κ3) is 4.48. The lowest BCUT2D eigenvalue weighted by Crippen LogP contribution is -2.56. The van der Waals surface area contributed by atoms with Crippen molar-refractivity contribution in [2.24, 2.45) is 11.3 Å². The molecule has 0 radical (unpaired) electrons. The lowest BCUT2D eigenvalue weighted by Gasteiger charge is -2.43. The van der Waals surface area contributed by atoms with E-state index < -0.39 is 12.7 Å². The first kappa shape index (κ1) is 21.8. The summed E-state index contributed by atoms with van der Waals surface area (Å²) in [5, 5.41) is 3.36. The first-order chi connectivity index (χ1) is 10.4. The maximum absolute atomic E-state index is 13.0. The monoisotopic (exact) mass is 391 g/mol. The van der Waals surface area contributed by atoms with Crippen molar-refractivity contribution in [1.29, 1.82) is 0 Å². The molecular formula is C15H26Cl2F3N3O. The summed E-state index contributed by atoms with van der Waals surface area (Å²) >= 11 is 0. The van der Waals surface area contributed by atoms with E-state index in [1.807, 2.05) is 0 Å². The Labute approximate surface area is 153 Å². The quantitative estimate of drug-likeness (QED) is 0.784. The summed E-state index contributed by atoms with van der Waals surface area (Å²) in [4.78, 5) is 16.2. The summed E-state index contributed by atoms with van der Waals surface area (Å²) in [5.74, 6) is 0.579. The van der Waals surface area contributed by atoms with Crippen molar-refractivity contribution in [3.63, 3.8) is 0 Å². The van der Waals surface area contributed by atoms with E-state index in [2.05, 4.69) is 5.32 Å². The molecule has 3 rings (SSSR count). The summed E-state index contributed by atoms with van der Waals surface area (Å²) in [7, 11) is 0. The van der Waals surface area contributed by atoms with E-state index in [4.69, 9.17) is 0 Å². The highest BCUT2D eigenvalue weighted by Crippen LogP contribution is 2.45. The average molecular weight is 392 g/mol. The van der Waals surface area contributed by atoms with E-state index in [-0.39, 0.29) is 36.1 Å². The van der Waals surface area contributed by atoms with E-state index in [9.17, 15) is 18.0 Å². The van der Waals surface area contributed by atoms with Gasteiger partial charge in [0.2, 0.25) is 5.91 Å². The number of hydrogen-bond acceptors (Lipinski definition) is 3. The largest absolute Gasteiger partial charge is 0.401 e. The molecule has 1 aliphatic carbocycles. The van der Waals surface area contributed by atoms with Gasteiger partial charge in [0.05, 0.1) is 12.0 Å². The van der Waals surface area contributed by atoms with Gasteiger partial charge in [0.15, 0.2) is 0 Å². The Bertz CT molecular complexity index is 431. The molecule has 0 unspecified atom stereocenters. The van der Waals surface area contributed by atoms with Crippen molar-refractivity contribution >= 4 is 30.7 Å². The molecule has 0 aromatic rings. The van der Waals surface area contributed by atoms with Crippen molar-refractivity contribution in [1.82, 2.24) is 15.1 Å². The zero-order valence-electron chi connectivity index (χ0n) is 13.6. The van der Waals surface area contributed by atoms with Crippen LogP contribution in [0.5, 0.6) is 0 Å². The van der Waals surface area contributed by atoms with Crippen molar-refractivity contribution in [2.45, 2.75) is 31.9 Å². The molecule has 2 saturated heterocycles. The molecular weight excluding hydrogens is 366 g/mol. The Hall–Kier alpha value is -0.240. The van der Waals surface area contributed by atoms with E-state index in [0.717, 1.165) is 32.4 Å². The Morgan fingerprint density at radius 2 is 1.79 bits per heavy atom. The van der Waals surface area contributed by atoms with Crippen LogP contribution in [0.2, 0.25) is 0 Å². The number of nitrogens with one attached hydrogen (secondary N) is 1. The summed E-state index contributed by atoms with van der Waals surface area (Å²) < 4.78 is 37.3. The van der Waals surface area contributed by atoms with Gasteiger partial charge in [-0.05, 0) is 25.3 Å². The van der Waals surface area contributed by atoms with Gasteiger partial charge in [-0.2, -0.15) is 13.2 Å². The summed E-state index contributed by atoms with van der Waals surface area (Å²) in [6.07, 6.45) is 0.118. The number of alkyl halides is 3. The fourth-order valence-corrected chi connectivity index (χ4v) is 4.35. The molecule has 2 aliphatic heterocycles. The van der Waals surface area contributed by atoms with Gasteiger partial charge in [-0.1, -0.05) is 12.8 Å². The van der Waals surface area contributed by atoms with Crippen LogP contribution in [0, 0.1) is 11.3 Å². The number of carbonyl (C=O) groups excluding carboxylic acids is 1. The minimum absolute atomic E-state index is 0. The maximum atomic E-state index is 13.0. The zero-order chi connectivity index (χ0) is 15.8. The average Bonchev–Trinajstić information content (AvgIpc) is 2.90. The van der Waals surface area contributed by atoms with Crippen molar-refractivity contribution < 1.29 is 18.0 Å². The Kier molecular flexibility index (Phi) is 7.66. The number of hydrogen-bond donors (Lipinski definition) is 1. The normalized spacial score (nSPS) is 31.0. The highest BCUT2D eigenvalue weighted by atomic mass is 35.5. The van der Waals surface area contributed by atoms with Crippen LogP contribution in [-0.4, -0.2) is 67.7 Å². The molecule has 0 spiro atoms. The third-order valence-corrected chi connectivity index (χ3v) is 5.53. The fraction of sp³-hybridized carbons (Fsp3) is 0.933. The minimum atomic E-state index is -4.16.